The van der Waals surface area contributed by atoms with Crippen LogP contribution in [0.1, 0.15) is 30.0 Å². The van der Waals surface area contributed by atoms with Crippen molar-refractivity contribution < 1.29 is 14.0 Å². The fourth-order valence-electron chi connectivity index (χ4n) is 3.41. The Bertz CT molecular complexity index is 926. The van der Waals surface area contributed by atoms with E-state index in [9.17, 15) is 0 Å². The van der Waals surface area contributed by atoms with Gasteiger partial charge in [0.2, 0.25) is 11.7 Å². The molecular formula is C20H22N4O3. The number of hydrogen-bond donors (Lipinski definition) is 0. The molecule has 0 aliphatic carbocycles. The summed E-state index contributed by atoms with van der Waals surface area (Å²) in [5.41, 5.74) is 3.37. The molecular weight excluding hydrogens is 344 g/mol. The average Bonchev–Trinajstić information content (AvgIpc) is 3.22. The summed E-state index contributed by atoms with van der Waals surface area (Å²) in [5.74, 6) is 2.70. The maximum absolute atomic E-state index is 5.53. The van der Waals surface area contributed by atoms with Gasteiger partial charge in [-0.05, 0) is 48.7 Å². The largest absolute Gasteiger partial charge is 0.493 e. The predicted molar refractivity (Wildman–Crippen MR) is 99.6 cm³/mol. The first-order chi connectivity index (χ1) is 13.2. The normalized spacial score (nSPS) is 15.2. The number of hydrogen-bond acceptors (Lipinski definition) is 7. The molecule has 1 aromatic carbocycles. The summed E-state index contributed by atoms with van der Waals surface area (Å²) >= 11 is 0. The highest BCUT2D eigenvalue weighted by molar-refractivity contribution is 5.52. The molecule has 3 aromatic rings. The van der Waals surface area contributed by atoms with Gasteiger partial charge in [0.1, 0.15) is 0 Å². The van der Waals surface area contributed by atoms with Gasteiger partial charge in [0, 0.05) is 31.0 Å². The molecule has 140 valence electrons. The molecule has 3 heterocycles. The van der Waals surface area contributed by atoms with E-state index >= 15 is 0 Å². The Morgan fingerprint density at radius 2 is 1.93 bits per heavy atom. The van der Waals surface area contributed by atoms with Crippen LogP contribution in [-0.4, -0.2) is 40.8 Å². The Balaban J connectivity index is 1.54. The highest BCUT2D eigenvalue weighted by Gasteiger charge is 2.27. The van der Waals surface area contributed by atoms with Crippen LogP contribution in [-0.2, 0) is 13.0 Å². The Morgan fingerprint density at radius 3 is 2.63 bits per heavy atom. The molecule has 7 nitrogen and oxygen atoms in total. The molecule has 1 aliphatic heterocycles. The lowest BCUT2D eigenvalue weighted by Crippen LogP contribution is -2.33. The smallest absolute Gasteiger partial charge is 0.244 e. The summed E-state index contributed by atoms with van der Waals surface area (Å²) in [6, 6.07) is 7.93. The second kappa shape index (κ2) is 7.36. The van der Waals surface area contributed by atoms with Gasteiger partial charge in [0.05, 0.1) is 20.3 Å². The van der Waals surface area contributed by atoms with Gasteiger partial charge in [-0.3, -0.25) is 9.88 Å². The lowest BCUT2D eigenvalue weighted by atomic mass is 9.97. The molecule has 0 bridgehead atoms. The molecule has 27 heavy (non-hydrogen) atoms. The van der Waals surface area contributed by atoms with Crippen molar-refractivity contribution in [1.29, 1.82) is 0 Å². The Hall–Kier alpha value is -2.93. The van der Waals surface area contributed by atoms with Gasteiger partial charge >= 0.3 is 0 Å². The number of benzene rings is 1. The van der Waals surface area contributed by atoms with Crippen LogP contribution in [0.3, 0.4) is 0 Å². The first-order valence-electron chi connectivity index (χ1n) is 8.91. The summed E-state index contributed by atoms with van der Waals surface area (Å²) < 4.78 is 16.4. The van der Waals surface area contributed by atoms with Gasteiger partial charge in [0.25, 0.3) is 0 Å². The maximum Gasteiger partial charge on any atom is 0.244 e. The van der Waals surface area contributed by atoms with E-state index in [0.29, 0.717) is 11.7 Å². The number of ether oxygens (including phenoxy) is 2. The molecule has 1 atom stereocenters. The van der Waals surface area contributed by atoms with Gasteiger partial charge in [-0.2, -0.15) is 4.98 Å². The lowest BCUT2D eigenvalue weighted by Gasteiger charge is -2.32. The first kappa shape index (κ1) is 17.5. The standard InChI is InChI=1S/C20H22N4O3/c1-13(20-22-19(23-27-20)15-5-4-7-21-11-15)24-8-6-14-9-17(25-2)18(26-3)10-16(14)12-24/h4-5,7,9-11,13H,6,8,12H2,1-3H3. The van der Waals surface area contributed by atoms with E-state index in [-0.39, 0.29) is 6.04 Å². The van der Waals surface area contributed by atoms with Gasteiger partial charge in [-0.25, -0.2) is 0 Å². The monoisotopic (exact) mass is 366 g/mol. The third-order valence-corrected chi connectivity index (χ3v) is 5.01. The number of pyridine rings is 1. The molecule has 0 saturated carbocycles. The molecule has 0 saturated heterocycles. The van der Waals surface area contributed by atoms with E-state index in [1.165, 1.54) is 11.1 Å². The van der Waals surface area contributed by atoms with Crippen LogP contribution < -0.4 is 9.47 Å². The van der Waals surface area contributed by atoms with E-state index in [0.717, 1.165) is 36.6 Å². The summed E-state index contributed by atoms with van der Waals surface area (Å²) in [6.45, 7) is 3.79. The van der Waals surface area contributed by atoms with E-state index in [1.54, 1.807) is 26.6 Å². The zero-order chi connectivity index (χ0) is 18.8. The van der Waals surface area contributed by atoms with Crippen molar-refractivity contribution in [2.24, 2.45) is 0 Å². The van der Waals surface area contributed by atoms with Crippen LogP contribution in [0.15, 0.2) is 41.2 Å². The van der Waals surface area contributed by atoms with Gasteiger partial charge in [0.15, 0.2) is 11.5 Å². The molecule has 0 spiro atoms. The van der Waals surface area contributed by atoms with Crippen molar-refractivity contribution in [3.63, 3.8) is 0 Å². The fourth-order valence-corrected chi connectivity index (χ4v) is 3.41. The zero-order valence-electron chi connectivity index (χ0n) is 15.7. The molecule has 0 radical (unpaired) electrons. The van der Waals surface area contributed by atoms with Gasteiger partial charge < -0.3 is 14.0 Å². The minimum absolute atomic E-state index is 0.0177. The quantitative estimate of drug-likeness (QED) is 0.686. The molecule has 2 aromatic heterocycles. The van der Waals surface area contributed by atoms with Crippen LogP contribution in [0, 0.1) is 0 Å². The van der Waals surface area contributed by atoms with E-state index in [1.807, 2.05) is 12.1 Å². The van der Waals surface area contributed by atoms with E-state index in [2.05, 4.69) is 39.1 Å². The van der Waals surface area contributed by atoms with Crippen molar-refractivity contribution in [3.05, 3.63) is 53.7 Å². The molecule has 0 fully saturated rings. The van der Waals surface area contributed by atoms with Crippen LogP contribution in [0.25, 0.3) is 11.4 Å². The second-order valence-electron chi connectivity index (χ2n) is 6.57. The van der Waals surface area contributed by atoms with Gasteiger partial charge in [-0.1, -0.05) is 5.16 Å². The predicted octanol–water partition coefficient (Wildman–Crippen LogP) is 3.27. The van der Waals surface area contributed by atoms with Crippen molar-refractivity contribution in [2.45, 2.75) is 25.9 Å². The third-order valence-electron chi connectivity index (χ3n) is 5.01. The van der Waals surface area contributed by atoms with Crippen molar-refractivity contribution >= 4 is 0 Å². The minimum atomic E-state index is 0.0177. The summed E-state index contributed by atoms with van der Waals surface area (Å²) in [6.07, 6.45) is 4.39. The lowest BCUT2D eigenvalue weighted by molar-refractivity contribution is 0.157. The average molecular weight is 366 g/mol. The van der Waals surface area contributed by atoms with Gasteiger partial charge in [-0.15, -0.1) is 0 Å². The maximum atomic E-state index is 5.53. The second-order valence-corrected chi connectivity index (χ2v) is 6.57. The van der Waals surface area contributed by atoms with Crippen LogP contribution >= 0.6 is 0 Å². The van der Waals surface area contributed by atoms with E-state index in [4.69, 9.17) is 14.0 Å². The first-order valence-corrected chi connectivity index (χ1v) is 8.91. The van der Waals surface area contributed by atoms with Crippen molar-refractivity contribution in [1.82, 2.24) is 20.0 Å². The number of fused-ring (bicyclic) bond motifs is 1. The third kappa shape index (κ3) is 3.38. The van der Waals surface area contributed by atoms with Crippen LogP contribution in [0.4, 0.5) is 0 Å². The SMILES string of the molecule is COc1cc2c(cc1OC)CN(C(C)c1nc(-c3cccnc3)no1)CC2. The molecule has 4 rings (SSSR count). The Kier molecular flexibility index (Phi) is 4.77. The zero-order valence-corrected chi connectivity index (χ0v) is 15.7. The van der Waals surface area contributed by atoms with Crippen molar-refractivity contribution in [2.75, 3.05) is 20.8 Å². The number of aromatic nitrogens is 3. The van der Waals surface area contributed by atoms with Crippen molar-refractivity contribution in [3.8, 4) is 22.9 Å². The number of rotatable bonds is 5. The summed E-state index contributed by atoms with van der Waals surface area (Å²) in [5, 5.41) is 4.11. The highest BCUT2D eigenvalue weighted by atomic mass is 16.5. The highest BCUT2D eigenvalue weighted by Crippen LogP contribution is 2.35. The fraction of sp³-hybridized carbons (Fsp3) is 0.350. The van der Waals surface area contributed by atoms with Crippen LogP contribution in [0.2, 0.25) is 0 Å². The molecule has 0 N–H and O–H groups in total. The molecule has 7 heteroatoms. The Labute approximate surface area is 157 Å². The molecule has 1 aliphatic rings. The minimum Gasteiger partial charge on any atom is -0.493 e. The number of methoxy groups -OCH3 is 2. The van der Waals surface area contributed by atoms with Crippen LogP contribution in [0.5, 0.6) is 11.5 Å². The molecule has 1 unspecified atom stereocenters. The topological polar surface area (TPSA) is 73.5 Å². The number of nitrogens with zero attached hydrogens (tertiary/aromatic N) is 4. The van der Waals surface area contributed by atoms with E-state index < -0.39 is 0 Å². The molecule has 0 amide bonds. The summed E-state index contributed by atoms with van der Waals surface area (Å²) in [4.78, 5) is 11.0. The summed E-state index contributed by atoms with van der Waals surface area (Å²) in [7, 11) is 3.32. The Morgan fingerprint density at radius 1 is 1.15 bits per heavy atom.